The summed E-state index contributed by atoms with van der Waals surface area (Å²) in [5.74, 6) is 0.677. The second-order valence-corrected chi connectivity index (χ2v) is 16.4. The molecule has 0 unspecified atom stereocenters. The Kier molecular flexibility index (Phi) is 6.23. The molecule has 1 aliphatic rings. The second kappa shape index (κ2) is 11.4. The quantitative estimate of drug-likeness (QED) is 0.165. The molecule has 3 heteroatoms. The molecule has 0 amide bonds. The summed E-state index contributed by atoms with van der Waals surface area (Å²) in [5, 5.41) is 15.7. The van der Waals surface area contributed by atoms with Crippen LogP contribution >= 0.6 is 0 Å². The predicted octanol–water partition coefficient (Wildman–Crippen LogP) is 14.5. The van der Waals surface area contributed by atoms with E-state index in [2.05, 4.69) is 194 Å². The Bertz CT molecular complexity index is 3760. The molecule has 1 aliphatic carbocycles. The van der Waals surface area contributed by atoms with Gasteiger partial charge in [0.25, 0.3) is 0 Å². The van der Waals surface area contributed by atoms with Crippen LogP contribution in [0.4, 0.5) is 0 Å². The minimum absolute atomic E-state index is 0.288. The van der Waals surface area contributed by atoms with E-state index in [1.807, 2.05) is 0 Å². The first-order valence-electron chi connectivity index (χ1n) is 20.2. The summed E-state index contributed by atoms with van der Waals surface area (Å²) in [6.45, 7) is 4.78. The van der Waals surface area contributed by atoms with Gasteiger partial charge in [0.1, 0.15) is 0 Å². The van der Waals surface area contributed by atoms with E-state index in [-0.39, 0.29) is 5.41 Å². The number of hydrogen-bond acceptors (Lipinski definition) is 2. The molecule has 0 spiro atoms. The van der Waals surface area contributed by atoms with Gasteiger partial charge in [-0.2, -0.15) is 0 Å². The van der Waals surface area contributed by atoms with Crippen LogP contribution in [0.1, 0.15) is 25.0 Å². The molecule has 3 nitrogen and oxygen atoms in total. The topological polar surface area (TPSA) is 30.7 Å². The van der Waals surface area contributed by atoms with Crippen LogP contribution in [0.5, 0.6) is 0 Å². The molecule has 0 N–H and O–H groups in total. The average Bonchev–Trinajstić information content (AvgIpc) is 3.75. The van der Waals surface area contributed by atoms with E-state index < -0.39 is 0 Å². The van der Waals surface area contributed by atoms with E-state index in [1.165, 1.54) is 81.6 Å². The summed E-state index contributed by atoms with van der Waals surface area (Å²) in [6.07, 6.45) is 0. The zero-order chi connectivity index (χ0) is 38.3. The lowest BCUT2D eigenvalue weighted by atomic mass is 9.81. The molecule has 58 heavy (non-hydrogen) atoms. The van der Waals surface area contributed by atoms with Gasteiger partial charge in [-0.05, 0) is 66.0 Å². The number of nitrogens with zero attached hydrogens (tertiary/aromatic N) is 3. The number of rotatable bonds is 2. The fraction of sp³-hybridized carbons (Fsp3) is 0.0545. The van der Waals surface area contributed by atoms with Crippen LogP contribution in [0.25, 0.3) is 115 Å². The summed E-state index contributed by atoms with van der Waals surface area (Å²) >= 11 is 0. The molecule has 0 bridgehead atoms. The van der Waals surface area contributed by atoms with E-state index in [0.29, 0.717) is 5.95 Å². The summed E-state index contributed by atoms with van der Waals surface area (Å²) in [5.41, 5.74) is 10.2. The van der Waals surface area contributed by atoms with Crippen LogP contribution < -0.4 is 0 Å². The molecule has 0 aliphatic heterocycles. The Morgan fingerprint density at radius 1 is 0.397 bits per heavy atom. The molecule has 0 saturated heterocycles. The van der Waals surface area contributed by atoms with Crippen molar-refractivity contribution in [2.75, 3.05) is 0 Å². The molecule has 2 aromatic heterocycles. The lowest BCUT2D eigenvalue weighted by molar-refractivity contribution is 0.663. The summed E-state index contributed by atoms with van der Waals surface area (Å²) < 4.78 is 2.47. The molecule has 270 valence electrons. The van der Waals surface area contributed by atoms with Crippen molar-refractivity contribution in [1.82, 2.24) is 14.5 Å². The second-order valence-electron chi connectivity index (χ2n) is 16.4. The van der Waals surface area contributed by atoms with Crippen LogP contribution in [0.15, 0.2) is 176 Å². The molecular weight excluding hydrogens is 703 g/mol. The van der Waals surface area contributed by atoms with Crippen molar-refractivity contribution in [3.8, 4) is 28.3 Å². The van der Waals surface area contributed by atoms with E-state index in [1.54, 1.807) is 0 Å². The van der Waals surface area contributed by atoms with Crippen LogP contribution in [0.3, 0.4) is 0 Å². The Morgan fingerprint density at radius 2 is 0.966 bits per heavy atom. The van der Waals surface area contributed by atoms with E-state index in [0.717, 1.165) is 38.4 Å². The Hall–Kier alpha value is -7.36. The fourth-order valence-electron chi connectivity index (χ4n) is 10.7. The van der Waals surface area contributed by atoms with Crippen molar-refractivity contribution >= 4 is 86.6 Å². The van der Waals surface area contributed by atoms with Gasteiger partial charge in [0.2, 0.25) is 5.95 Å². The zero-order valence-corrected chi connectivity index (χ0v) is 32.1. The normalized spacial score (nSPS) is 13.5. The first-order valence-corrected chi connectivity index (χ1v) is 20.2. The smallest absolute Gasteiger partial charge is 0.235 e. The van der Waals surface area contributed by atoms with Crippen molar-refractivity contribution in [3.05, 3.63) is 187 Å². The Morgan fingerprint density at radius 3 is 1.71 bits per heavy atom. The van der Waals surface area contributed by atoms with Gasteiger partial charge in [0.05, 0.1) is 22.2 Å². The van der Waals surface area contributed by atoms with Gasteiger partial charge >= 0.3 is 0 Å². The maximum atomic E-state index is 5.74. The third kappa shape index (κ3) is 4.02. The van der Waals surface area contributed by atoms with Gasteiger partial charge in [-0.3, -0.25) is 4.57 Å². The lowest BCUT2D eigenvalue weighted by Crippen LogP contribution is -2.17. The standard InChI is InChI=1S/C55H35N3/c1-55(2)45-27-15-14-22-37(45)42-30-31-43-47-41-26-13-12-25-40(41)46-38-23-10-8-20-35(38)36-21-9-11-24-39(36)48(46)53(47)58(52(43)49(42)55)54-56-50(33-17-4-3-5-18-33)44-29-28-32-16-6-7-19-34(32)51(44)57-54/h3-31H,1-2H3. The monoisotopic (exact) mass is 737 g/mol. The lowest BCUT2D eigenvalue weighted by Gasteiger charge is -2.23. The first kappa shape index (κ1) is 31.8. The number of aromatic nitrogens is 3. The third-order valence-corrected chi connectivity index (χ3v) is 13.1. The minimum Gasteiger partial charge on any atom is -0.277 e. The number of fused-ring (bicyclic) bond motifs is 20. The van der Waals surface area contributed by atoms with E-state index >= 15 is 0 Å². The summed E-state index contributed by atoms with van der Waals surface area (Å²) in [6, 6.07) is 64.3. The minimum atomic E-state index is -0.288. The molecule has 0 radical (unpaired) electrons. The Labute approximate surface area is 334 Å². The van der Waals surface area contributed by atoms with Crippen LogP contribution in [0.2, 0.25) is 0 Å². The maximum absolute atomic E-state index is 5.74. The highest BCUT2D eigenvalue weighted by atomic mass is 15.2. The van der Waals surface area contributed by atoms with E-state index in [4.69, 9.17) is 9.97 Å². The van der Waals surface area contributed by atoms with Crippen molar-refractivity contribution in [3.63, 3.8) is 0 Å². The summed E-state index contributed by atoms with van der Waals surface area (Å²) in [7, 11) is 0. The van der Waals surface area contributed by atoms with Gasteiger partial charge < -0.3 is 0 Å². The SMILES string of the molecule is CC1(C)c2ccccc2-c2ccc3c4c5ccccc5c5c6ccccc6c6ccccc6c5c4n(-c4nc(-c5ccccc5)c5ccc6ccccc6c5n4)c3c21. The summed E-state index contributed by atoms with van der Waals surface area (Å²) in [4.78, 5) is 11.5. The molecular formula is C55H35N3. The van der Waals surface area contributed by atoms with Crippen molar-refractivity contribution in [2.24, 2.45) is 0 Å². The predicted molar refractivity (Wildman–Crippen MR) is 244 cm³/mol. The molecule has 13 rings (SSSR count). The van der Waals surface area contributed by atoms with Gasteiger partial charge in [-0.1, -0.05) is 184 Å². The molecule has 0 atom stereocenters. The molecule has 12 aromatic rings. The van der Waals surface area contributed by atoms with Crippen molar-refractivity contribution in [2.45, 2.75) is 19.3 Å². The number of hydrogen-bond donors (Lipinski definition) is 0. The fourth-order valence-corrected chi connectivity index (χ4v) is 10.7. The van der Waals surface area contributed by atoms with Gasteiger partial charge in [-0.25, -0.2) is 9.97 Å². The van der Waals surface area contributed by atoms with Crippen molar-refractivity contribution in [1.29, 1.82) is 0 Å². The molecule has 10 aromatic carbocycles. The van der Waals surface area contributed by atoms with Crippen LogP contribution in [-0.4, -0.2) is 14.5 Å². The maximum Gasteiger partial charge on any atom is 0.235 e. The first-order chi connectivity index (χ1) is 28.6. The average molecular weight is 738 g/mol. The van der Waals surface area contributed by atoms with E-state index in [9.17, 15) is 0 Å². The van der Waals surface area contributed by atoms with Crippen molar-refractivity contribution < 1.29 is 0 Å². The van der Waals surface area contributed by atoms with Crippen LogP contribution in [-0.2, 0) is 5.41 Å². The third-order valence-electron chi connectivity index (χ3n) is 13.1. The Balaban J connectivity index is 1.36. The van der Waals surface area contributed by atoms with Gasteiger partial charge in [-0.15, -0.1) is 0 Å². The highest BCUT2D eigenvalue weighted by Gasteiger charge is 2.39. The molecule has 0 saturated carbocycles. The van der Waals surface area contributed by atoms with Gasteiger partial charge in [0, 0.05) is 43.3 Å². The van der Waals surface area contributed by atoms with Crippen LogP contribution in [0, 0.1) is 0 Å². The molecule has 2 heterocycles. The highest BCUT2D eigenvalue weighted by Crippen LogP contribution is 2.55. The number of benzene rings is 10. The largest absolute Gasteiger partial charge is 0.277 e. The highest BCUT2D eigenvalue weighted by molar-refractivity contribution is 6.42. The zero-order valence-electron chi connectivity index (χ0n) is 32.1. The molecule has 0 fully saturated rings. The van der Waals surface area contributed by atoms with Gasteiger partial charge in [0.15, 0.2) is 0 Å².